The van der Waals surface area contributed by atoms with Crippen LogP contribution in [-0.2, 0) is 30.8 Å². The zero-order chi connectivity index (χ0) is 31.4. The number of rotatable bonds is 11. The number of aromatic nitrogens is 4. The predicted molar refractivity (Wildman–Crippen MR) is 154 cm³/mol. The number of amides is 1. The summed E-state index contributed by atoms with van der Waals surface area (Å²) in [6, 6.07) is 2.67. The first-order valence-corrected chi connectivity index (χ1v) is 16.6. The van der Waals surface area contributed by atoms with Crippen molar-refractivity contribution in [2.24, 2.45) is 0 Å². The number of benzene rings is 1. The predicted octanol–water partition coefficient (Wildman–Crippen LogP) is 1.84. The van der Waals surface area contributed by atoms with Crippen molar-refractivity contribution < 1.29 is 35.9 Å². The van der Waals surface area contributed by atoms with Gasteiger partial charge in [0.25, 0.3) is 12.3 Å². The van der Waals surface area contributed by atoms with Crippen molar-refractivity contribution in [1.82, 2.24) is 29.0 Å². The van der Waals surface area contributed by atoms with Crippen molar-refractivity contribution in [1.29, 1.82) is 0 Å². The fourth-order valence-electron chi connectivity index (χ4n) is 5.73. The van der Waals surface area contributed by atoms with E-state index in [0.717, 1.165) is 4.57 Å². The van der Waals surface area contributed by atoms with E-state index in [1.807, 2.05) is 11.8 Å². The number of piperazine rings is 1. The van der Waals surface area contributed by atoms with E-state index in [-0.39, 0.29) is 41.2 Å². The Kier molecular flexibility index (Phi) is 8.01. The van der Waals surface area contributed by atoms with Gasteiger partial charge in [-0.1, -0.05) is 11.3 Å². The number of hydrogen-bond donors (Lipinski definition) is 1. The molecule has 6 rings (SSSR count). The maximum Gasteiger partial charge on any atom is 0.335 e. The second kappa shape index (κ2) is 11.4. The van der Waals surface area contributed by atoms with Crippen LogP contribution in [0.3, 0.4) is 0 Å². The molecule has 0 atom stereocenters. The number of carbonyl (C=O) groups is 1. The van der Waals surface area contributed by atoms with E-state index in [0.29, 0.717) is 68.2 Å². The summed E-state index contributed by atoms with van der Waals surface area (Å²) in [5, 5.41) is 6.57. The lowest BCUT2D eigenvalue weighted by molar-refractivity contribution is -0.146. The number of ether oxygens (including phenoxy) is 2. The van der Waals surface area contributed by atoms with Crippen LogP contribution in [0.5, 0.6) is 0 Å². The van der Waals surface area contributed by atoms with Gasteiger partial charge in [-0.2, -0.15) is 4.72 Å². The third-order valence-electron chi connectivity index (χ3n) is 8.20. The fourth-order valence-corrected chi connectivity index (χ4v) is 7.83. The van der Waals surface area contributed by atoms with Crippen LogP contribution in [-0.4, -0.2) is 102 Å². The molecule has 2 saturated heterocycles. The smallest absolute Gasteiger partial charge is 0.335 e. The molecule has 2 aromatic heterocycles. The molecule has 1 amide bonds. The number of fused-ring (bicyclic) bond motifs is 1. The number of sulfonamides is 1. The van der Waals surface area contributed by atoms with Gasteiger partial charge in [-0.05, 0) is 38.8 Å². The molecule has 1 aliphatic carbocycles. The lowest BCUT2D eigenvalue weighted by atomic mass is 10.0. The SMILES string of the molecule is CCOC1(C(=O)N2CCN(c3cc(S(=O)(=O)NC4(CF)COC4)cc4c3n(CC)c(=O)n4-c3nnc(C(F)F)s3)CC2)CC1. The monoisotopic (exact) mass is 659 g/mol. The van der Waals surface area contributed by atoms with Crippen LogP contribution in [0.25, 0.3) is 16.2 Å². The van der Waals surface area contributed by atoms with E-state index in [1.54, 1.807) is 11.8 Å². The van der Waals surface area contributed by atoms with Crippen LogP contribution in [0, 0.1) is 0 Å². The fraction of sp³-hybridized carbons (Fsp3) is 0.615. The van der Waals surface area contributed by atoms with Crippen LogP contribution in [0.4, 0.5) is 18.9 Å². The largest absolute Gasteiger partial charge is 0.377 e. The minimum absolute atomic E-state index is 0.0772. The van der Waals surface area contributed by atoms with E-state index in [9.17, 15) is 31.2 Å². The van der Waals surface area contributed by atoms with Gasteiger partial charge in [0.15, 0.2) is 5.01 Å². The second-order valence-electron chi connectivity index (χ2n) is 11.1. The summed E-state index contributed by atoms with van der Waals surface area (Å²) in [5.41, 5.74) is -1.95. The first-order chi connectivity index (χ1) is 21.0. The van der Waals surface area contributed by atoms with Crippen LogP contribution in [0.1, 0.15) is 38.1 Å². The normalized spacial score (nSPS) is 19.5. The van der Waals surface area contributed by atoms with Crippen molar-refractivity contribution in [3.05, 3.63) is 27.6 Å². The summed E-state index contributed by atoms with van der Waals surface area (Å²) in [5.74, 6) is -0.0772. The summed E-state index contributed by atoms with van der Waals surface area (Å²) in [6.45, 7) is 4.20. The molecule has 3 aromatic rings. The average molecular weight is 660 g/mol. The van der Waals surface area contributed by atoms with Crippen LogP contribution in [0.15, 0.2) is 21.8 Å². The zero-order valence-electron chi connectivity index (χ0n) is 24.1. The molecule has 0 spiro atoms. The number of nitrogens with zero attached hydrogens (tertiary/aromatic N) is 6. The molecule has 3 fully saturated rings. The second-order valence-corrected chi connectivity index (χ2v) is 13.8. The lowest BCUT2D eigenvalue weighted by Crippen LogP contribution is -2.63. The third-order valence-corrected chi connectivity index (χ3v) is 10.7. The van der Waals surface area contributed by atoms with Gasteiger partial charge in [0.05, 0.1) is 34.8 Å². The van der Waals surface area contributed by atoms with Crippen molar-refractivity contribution in [2.45, 2.75) is 55.7 Å². The van der Waals surface area contributed by atoms with Gasteiger partial charge >= 0.3 is 5.69 Å². The Labute approximate surface area is 254 Å². The summed E-state index contributed by atoms with van der Waals surface area (Å²) < 4.78 is 83.7. The maximum absolute atomic E-state index is 13.9. The van der Waals surface area contributed by atoms with Gasteiger partial charge in [-0.25, -0.2) is 31.0 Å². The van der Waals surface area contributed by atoms with Gasteiger partial charge in [0, 0.05) is 39.3 Å². The quantitative estimate of drug-likeness (QED) is 0.327. The zero-order valence-corrected chi connectivity index (χ0v) is 25.7. The summed E-state index contributed by atoms with van der Waals surface area (Å²) in [6.07, 6.45) is -1.59. The van der Waals surface area contributed by atoms with Gasteiger partial charge in [-0.3, -0.25) is 9.36 Å². The van der Waals surface area contributed by atoms with E-state index in [1.165, 1.54) is 16.7 Å². The highest BCUT2D eigenvalue weighted by Gasteiger charge is 2.53. The molecule has 44 heavy (non-hydrogen) atoms. The van der Waals surface area contributed by atoms with Gasteiger partial charge in [-0.15, -0.1) is 10.2 Å². The number of anilines is 1. The highest BCUT2D eigenvalue weighted by atomic mass is 32.2. The Morgan fingerprint density at radius 3 is 2.39 bits per heavy atom. The molecule has 0 bridgehead atoms. The Hall–Kier alpha value is -3.06. The minimum atomic E-state index is -4.36. The number of aryl methyl sites for hydroxylation is 1. The molecule has 3 aliphatic rings. The molecule has 13 nitrogen and oxygen atoms in total. The van der Waals surface area contributed by atoms with Gasteiger partial charge < -0.3 is 19.3 Å². The Bertz CT molecular complexity index is 1740. The Morgan fingerprint density at radius 2 is 1.86 bits per heavy atom. The number of hydrogen-bond acceptors (Lipinski definition) is 10. The van der Waals surface area contributed by atoms with Crippen LogP contribution < -0.4 is 15.3 Å². The first kappa shape index (κ1) is 30.9. The van der Waals surface area contributed by atoms with Crippen molar-refractivity contribution in [2.75, 3.05) is 57.6 Å². The number of imidazole rings is 1. The molecule has 0 radical (unpaired) electrons. The van der Waals surface area contributed by atoms with E-state index >= 15 is 0 Å². The van der Waals surface area contributed by atoms with E-state index in [4.69, 9.17) is 9.47 Å². The van der Waals surface area contributed by atoms with Crippen LogP contribution >= 0.6 is 11.3 Å². The first-order valence-electron chi connectivity index (χ1n) is 14.3. The number of halogens is 3. The number of alkyl halides is 3. The lowest BCUT2D eigenvalue weighted by Gasteiger charge is -2.39. The standard InChI is InChI=1S/C26H32F3N7O6S2/c1-3-35-19-17(33-7-9-34(10-8-33)22(37)26(5-6-26)42-4-2)11-16(44(39,40)32-25(13-27)14-41-15-25)12-18(19)36(24(35)38)23-31-30-21(43-23)20(28)29/h11-12,20,32H,3-10,13-15H2,1-2H3. The molecule has 4 heterocycles. The maximum atomic E-state index is 13.9. The summed E-state index contributed by atoms with van der Waals surface area (Å²) in [7, 11) is -4.36. The van der Waals surface area contributed by atoms with E-state index < -0.39 is 45.0 Å². The summed E-state index contributed by atoms with van der Waals surface area (Å²) >= 11 is 0.520. The average Bonchev–Trinajstić information content (AvgIpc) is 3.49. The molecular formula is C26H32F3N7O6S2. The highest BCUT2D eigenvalue weighted by Crippen LogP contribution is 2.42. The number of carbonyl (C=O) groups excluding carboxylic acids is 1. The van der Waals surface area contributed by atoms with Crippen molar-refractivity contribution in [3.63, 3.8) is 0 Å². The van der Waals surface area contributed by atoms with Crippen molar-refractivity contribution >= 4 is 44.0 Å². The minimum Gasteiger partial charge on any atom is -0.377 e. The summed E-state index contributed by atoms with van der Waals surface area (Å²) in [4.78, 5) is 30.3. The molecule has 1 N–H and O–H groups in total. The Morgan fingerprint density at radius 1 is 1.16 bits per heavy atom. The highest BCUT2D eigenvalue weighted by molar-refractivity contribution is 7.89. The van der Waals surface area contributed by atoms with Gasteiger partial charge in [0.1, 0.15) is 17.8 Å². The third kappa shape index (κ3) is 5.19. The topological polar surface area (TPSA) is 141 Å². The van der Waals surface area contributed by atoms with Crippen molar-refractivity contribution in [3.8, 4) is 5.13 Å². The van der Waals surface area contributed by atoms with E-state index in [2.05, 4.69) is 14.9 Å². The Balaban J connectivity index is 1.45. The molecule has 2 aliphatic heterocycles. The molecule has 240 valence electrons. The molecule has 1 saturated carbocycles. The van der Waals surface area contributed by atoms with Crippen LogP contribution in [0.2, 0.25) is 0 Å². The van der Waals surface area contributed by atoms with Gasteiger partial charge in [0.2, 0.25) is 15.2 Å². The molecule has 1 aromatic carbocycles. The number of nitrogens with one attached hydrogen (secondary N) is 1. The molecule has 18 heteroatoms. The molecular weight excluding hydrogens is 627 g/mol. The molecule has 0 unspecified atom stereocenters.